The Hall–Kier alpha value is -2.87. The van der Waals surface area contributed by atoms with Crippen molar-refractivity contribution in [1.82, 2.24) is 14.6 Å². The molecule has 0 amide bonds. The van der Waals surface area contributed by atoms with E-state index in [1.807, 2.05) is 6.07 Å². The van der Waals surface area contributed by atoms with E-state index in [0.717, 1.165) is 16.9 Å². The Balaban J connectivity index is 2.12. The number of carbonyl (C=O) groups excluding carboxylic acids is 1. The van der Waals surface area contributed by atoms with Crippen LogP contribution >= 0.6 is 11.3 Å². The zero-order valence-corrected chi connectivity index (χ0v) is 14.8. The molecule has 25 heavy (non-hydrogen) atoms. The van der Waals surface area contributed by atoms with Gasteiger partial charge in [0.15, 0.2) is 0 Å². The molecule has 3 heterocycles. The Morgan fingerprint density at radius 3 is 2.92 bits per heavy atom. The van der Waals surface area contributed by atoms with Gasteiger partial charge in [0, 0.05) is 18.0 Å². The van der Waals surface area contributed by atoms with Crippen LogP contribution in [0, 0.1) is 13.8 Å². The van der Waals surface area contributed by atoms with Gasteiger partial charge in [0.1, 0.15) is 15.5 Å². The molecule has 0 unspecified atom stereocenters. The third-order valence-electron chi connectivity index (χ3n) is 3.57. The summed E-state index contributed by atoms with van der Waals surface area (Å²) in [5.41, 5.74) is 1.02. The van der Waals surface area contributed by atoms with Gasteiger partial charge in [-0.3, -0.25) is 9.78 Å². The predicted molar refractivity (Wildman–Crippen MR) is 96.5 cm³/mol. The van der Waals surface area contributed by atoms with E-state index in [1.165, 1.54) is 4.68 Å². The Morgan fingerprint density at radius 1 is 1.44 bits per heavy atom. The minimum Gasteiger partial charge on any atom is -0.462 e. The largest absolute Gasteiger partial charge is 0.462 e. The van der Waals surface area contributed by atoms with Gasteiger partial charge in [-0.25, -0.2) is 9.78 Å². The van der Waals surface area contributed by atoms with Crippen LogP contribution in [0.2, 0.25) is 0 Å². The number of fused-ring (bicyclic) bond motifs is 1. The molecule has 0 N–H and O–H groups in total. The third-order valence-corrected chi connectivity index (χ3v) is 4.74. The number of thiophene rings is 1. The summed E-state index contributed by atoms with van der Waals surface area (Å²) in [6, 6.07) is 3.62. The number of hydrogen-bond donors (Lipinski definition) is 0. The van der Waals surface area contributed by atoms with Crippen molar-refractivity contribution in [2.45, 2.75) is 20.8 Å². The fraction of sp³-hybridized carbons (Fsp3) is 0.235. The number of pyridine rings is 1. The smallest absolute Gasteiger partial charge is 0.348 e. The predicted octanol–water partition coefficient (Wildman–Crippen LogP) is 2.53. The lowest BCUT2D eigenvalue weighted by Crippen LogP contribution is -2.20. The molecule has 0 saturated carbocycles. The molecule has 0 saturated heterocycles. The lowest BCUT2D eigenvalue weighted by atomic mass is 10.2. The highest BCUT2D eigenvalue weighted by Gasteiger charge is 2.21. The first-order valence-electron chi connectivity index (χ1n) is 7.67. The van der Waals surface area contributed by atoms with Gasteiger partial charge in [-0.2, -0.15) is 9.78 Å². The van der Waals surface area contributed by atoms with Crippen molar-refractivity contribution in [3.8, 4) is 0 Å². The first kappa shape index (κ1) is 17.0. The molecule has 0 fully saturated rings. The van der Waals surface area contributed by atoms with E-state index in [0.29, 0.717) is 26.5 Å². The van der Waals surface area contributed by atoms with Gasteiger partial charge in [-0.1, -0.05) is 6.07 Å². The van der Waals surface area contributed by atoms with Crippen LogP contribution in [-0.2, 0) is 4.74 Å². The molecule has 0 aromatic carbocycles. The third kappa shape index (κ3) is 3.20. The summed E-state index contributed by atoms with van der Waals surface area (Å²) in [5.74, 6) is -0.000219. The molecule has 128 valence electrons. The van der Waals surface area contributed by atoms with Gasteiger partial charge in [0.05, 0.1) is 18.2 Å². The standard InChI is InChI=1S/C17H16N4O3S/c1-4-24-17(23)14-10(2)13-15(25-14)20-11(3)21(16(13)22)19-9-12-6-5-7-18-8-12/h5-9H,4H2,1-3H3. The van der Waals surface area contributed by atoms with Crippen LogP contribution in [0.3, 0.4) is 0 Å². The van der Waals surface area contributed by atoms with Gasteiger partial charge in [-0.15, -0.1) is 11.3 Å². The monoisotopic (exact) mass is 356 g/mol. The molecule has 7 nitrogen and oxygen atoms in total. The molecule has 0 aliphatic carbocycles. The van der Waals surface area contributed by atoms with Crippen LogP contribution < -0.4 is 5.56 Å². The number of ether oxygens (including phenoxy) is 1. The lowest BCUT2D eigenvalue weighted by molar-refractivity contribution is 0.0531. The maximum absolute atomic E-state index is 12.8. The van der Waals surface area contributed by atoms with Crippen LogP contribution in [-0.4, -0.2) is 33.4 Å². The molecular weight excluding hydrogens is 340 g/mol. The summed E-state index contributed by atoms with van der Waals surface area (Å²) in [5, 5.41) is 4.61. The van der Waals surface area contributed by atoms with Gasteiger partial charge in [-0.05, 0) is 32.4 Å². The maximum atomic E-state index is 12.8. The Labute approximate surface area is 147 Å². The number of rotatable bonds is 4. The van der Waals surface area contributed by atoms with E-state index in [-0.39, 0.29) is 12.2 Å². The highest BCUT2D eigenvalue weighted by Crippen LogP contribution is 2.28. The van der Waals surface area contributed by atoms with Gasteiger partial charge < -0.3 is 4.74 Å². The normalized spacial score (nSPS) is 11.3. The van der Waals surface area contributed by atoms with E-state index in [2.05, 4.69) is 15.1 Å². The van der Waals surface area contributed by atoms with E-state index in [9.17, 15) is 9.59 Å². The molecule has 3 aromatic heterocycles. The minimum absolute atomic E-state index is 0.276. The van der Waals surface area contributed by atoms with Crippen molar-refractivity contribution in [3.05, 3.63) is 56.7 Å². The molecule has 0 aliphatic heterocycles. The van der Waals surface area contributed by atoms with Crippen LogP contribution in [0.5, 0.6) is 0 Å². The lowest BCUT2D eigenvalue weighted by Gasteiger charge is -2.03. The minimum atomic E-state index is -0.439. The van der Waals surface area contributed by atoms with Crippen LogP contribution in [0.1, 0.15) is 33.5 Å². The van der Waals surface area contributed by atoms with E-state index in [1.54, 1.807) is 45.4 Å². The van der Waals surface area contributed by atoms with Crippen molar-refractivity contribution in [2.75, 3.05) is 6.61 Å². The van der Waals surface area contributed by atoms with Crippen LogP contribution in [0.25, 0.3) is 10.2 Å². The fourth-order valence-corrected chi connectivity index (χ4v) is 3.49. The summed E-state index contributed by atoms with van der Waals surface area (Å²) >= 11 is 1.16. The first-order valence-corrected chi connectivity index (χ1v) is 8.48. The van der Waals surface area contributed by atoms with Crippen molar-refractivity contribution < 1.29 is 9.53 Å². The van der Waals surface area contributed by atoms with Crippen molar-refractivity contribution in [1.29, 1.82) is 0 Å². The number of nitrogens with zero attached hydrogens (tertiary/aromatic N) is 4. The first-order chi connectivity index (χ1) is 12.0. The van der Waals surface area contributed by atoms with Gasteiger partial charge in [0.25, 0.3) is 5.56 Å². The summed E-state index contributed by atoms with van der Waals surface area (Å²) < 4.78 is 6.27. The quantitative estimate of drug-likeness (QED) is 0.530. The van der Waals surface area contributed by atoms with Gasteiger partial charge >= 0.3 is 5.97 Å². The van der Waals surface area contributed by atoms with Crippen molar-refractivity contribution in [3.63, 3.8) is 0 Å². The second-order valence-electron chi connectivity index (χ2n) is 5.26. The zero-order valence-electron chi connectivity index (χ0n) is 14.0. The molecule has 0 atom stereocenters. The SMILES string of the molecule is CCOC(=O)c1sc2nc(C)n(N=Cc3cccnc3)c(=O)c2c1C. The summed E-state index contributed by atoms with van der Waals surface area (Å²) in [6.07, 6.45) is 4.85. The molecule has 0 spiro atoms. The molecular formula is C17H16N4O3S. The van der Waals surface area contributed by atoms with Crippen LogP contribution in [0.15, 0.2) is 34.4 Å². The van der Waals surface area contributed by atoms with Gasteiger partial charge in [0.2, 0.25) is 0 Å². The van der Waals surface area contributed by atoms with Crippen molar-refractivity contribution >= 4 is 33.7 Å². The summed E-state index contributed by atoms with van der Waals surface area (Å²) in [7, 11) is 0. The number of aromatic nitrogens is 3. The maximum Gasteiger partial charge on any atom is 0.348 e. The number of aryl methyl sites for hydroxylation is 2. The Morgan fingerprint density at radius 2 is 2.24 bits per heavy atom. The molecule has 3 rings (SSSR count). The summed E-state index contributed by atoms with van der Waals surface area (Å²) in [6.45, 7) is 5.43. The summed E-state index contributed by atoms with van der Waals surface area (Å²) in [4.78, 5) is 34.2. The highest BCUT2D eigenvalue weighted by atomic mass is 32.1. The molecule has 0 radical (unpaired) electrons. The van der Waals surface area contributed by atoms with E-state index < -0.39 is 5.97 Å². The molecule has 0 aliphatic rings. The number of esters is 1. The van der Waals surface area contributed by atoms with Crippen LogP contribution in [0.4, 0.5) is 0 Å². The second-order valence-corrected chi connectivity index (χ2v) is 6.26. The highest BCUT2D eigenvalue weighted by molar-refractivity contribution is 7.20. The Bertz CT molecular complexity index is 1020. The van der Waals surface area contributed by atoms with E-state index >= 15 is 0 Å². The second kappa shape index (κ2) is 6.94. The Kier molecular flexibility index (Phi) is 4.71. The average Bonchev–Trinajstić information content (AvgIpc) is 2.92. The average molecular weight is 356 g/mol. The van der Waals surface area contributed by atoms with E-state index in [4.69, 9.17) is 4.74 Å². The number of hydrogen-bond acceptors (Lipinski definition) is 7. The zero-order chi connectivity index (χ0) is 18.0. The molecule has 3 aromatic rings. The molecule has 8 heteroatoms. The van der Waals surface area contributed by atoms with Crippen molar-refractivity contribution in [2.24, 2.45) is 5.10 Å². The molecule has 0 bridgehead atoms. The topological polar surface area (TPSA) is 86.4 Å². The fourth-order valence-electron chi connectivity index (χ4n) is 2.38. The number of carbonyl (C=O) groups is 1.